The molecule has 2 rings (SSSR count). The van der Waals surface area contributed by atoms with Gasteiger partial charge >= 0.3 is 6.18 Å². The minimum Gasteiger partial charge on any atom is -0.311 e. The van der Waals surface area contributed by atoms with E-state index in [9.17, 15) is 13.2 Å². The average Bonchev–Trinajstić information content (AvgIpc) is 2.46. The first-order chi connectivity index (χ1) is 9.90. The molecule has 1 N–H and O–H groups in total. The first-order valence-corrected chi connectivity index (χ1v) is 7.14. The normalized spacial score (nSPS) is 13.2. The fourth-order valence-electron chi connectivity index (χ4n) is 1.99. The molecular weight excluding hydrogens is 345 g/mol. The zero-order valence-corrected chi connectivity index (χ0v) is 12.9. The number of alkyl halides is 3. The highest BCUT2D eigenvalue weighted by Crippen LogP contribution is 2.29. The highest BCUT2D eigenvalue weighted by Gasteiger charge is 2.30. The van der Waals surface area contributed by atoms with Gasteiger partial charge in [0.05, 0.1) is 17.3 Å². The van der Waals surface area contributed by atoms with E-state index in [0.717, 1.165) is 22.3 Å². The molecule has 2 aromatic rings. The van der Waals surface area contributed by atoms with Gasteiger partial charge in [-0.3, -0.25) is 4.98 Å². The molecule has 112 valence electrons. The van der Waals surface area contributed by atoms with E-state index in [1.807, 2.05) is 24.3 Å². The third kappa shape index (κ3) is 4.28. The lowest BCUT2D eigenvalue weighted by Gasteiger charge is -2.16. The van der Waals surface area contributed by atoms with E-state index in [-0.39, 0.29) is 6.04 Å². The number of nitrogens with zero attached hydrogens (tertiary/aromatic N) is 1. The van der Waals surface area contributed by atoms with Gasteiger partial charge in [-0.05, 0) is 43.3 Å². The Labute approximate surface area is 129 Å². The largest absolute Gasteiger partial charge is 0.417 e. The monoisotopic (exact) mass is 358 g/mol. The Morgan fingerprint density at radius 2 is 1.81 bits per heavy atom. The number of halogens is 4. The van der Waals surface area contributed by atoms with Crippen molar-refractivity contribution >= 4 is 15.9 Å². The summed E-state index contributed by atoms with van der Waals surface area (Å²) < 4.78 is 38.6. The van der Waals surface area contributed by atoms with Gasteiger partial charge in [-0.2, -0.15) is 13.2 Å². The molecule has 0 saturated carbocycles. The molecule has 0 saturated heterocycles. The Morgan fingerprint density at radius 1 is 1.14 bits per heavy atom. The number of hydrogen-bond donors (Lipinski definition) is 1. The summed E-state index contributed by atoms with van der Waals surface area (Å²) in [7, 11) is 1.77. The first-order valence-electron chi connectivity index (χ1n) is 6.35. The first kappa shape index (κ1) is 16.0. The lowest BCUT2D eigenvalue weighted by Crippen LogP contribution is -2.20. The van der Waals surface area contributed by atoms with E-state index < -0.39 is 11.7 Å². The summed E-state index contributed by atoms with van der Waals surface area (Å²) in [5.74, 6) is 0. The van der Waals surface area contributed by atoms with Crippen LogP contribution in [0.2, 0.25) is 0 Å². The lowest BCUT2D eigenvalue weighted by molar-refractivity contribution is -0.137. The van der Waals surface area contributed by atoms with Crippen molar-refractivity contribution in [3.8, 4) is 0 Å². The second-order valence-electron chi connectivity index (χ2n) is 4.64. The maximum atomic E-state index is 12.5. The summed E-state index contributed by atoms with van der Waals surface area (Å²) >= 11 is 3.37. The SMILES string of the molecule is CNC(Cc1ccc(Br)cc1)c1ccc(C(F)(F)F)cn1. The van der Waals surface area contributed by atoms with Crippen molar-refractivity contribution in [3.05, 3.63) is 63.9 Å². The molecular formula is C15H14BrF3N2. The second-order valence-corrected chi connectivity index (χ2v) is 5.56. The van der Waals surface area contributed by atoms with Gasteiger partial charge in [0.25, 0.3) is 0 Å². The topological polar surface area (TPSA) is 24.9 Å². The number of likely N-dealkylation sites (N-methyl/N-ethyl adjacent to an activating group) is 1. The van der Waals surface area contributed by atoms with E-state index >= 15 is 0 Å². The molecule has 21 heavy (non-hydrogen) atoms. The number of aromatic nitrogens is 1. The van der Waals surface area contributed by atoms with E-state index in [0.29, 0.717) is 12.1 Å². The van der Waals surface area contributed by atoms with E-state index in [1.54, 1.807) is 7.05 Å². The predicted molar refractivity (Wildman–Crippen MR) is 78.9 cm³/mol. The van der Waals surface area contributed by atoms with Crippen molar-refractivity contribution < 1.29 is 13.2 Å². The van der Waals surface area contributed by atoms with Gasteiger partial charge in [0.1, 0.15) is 0 Å². The van der Waals surface area contributed by atoms with Gasteiger partial charge in [-0.25, -0.2) is 0 Å². The highest BCUT2D eigenvalue weighted by atomic mass is 79.9. The van der Waals surface area contributed by atoms with Crippen LogP contribution in [0.25, 0.3) is 0 Å². The molecule has 1 heterocycles. The van der Waals surface area contributed by atoms with E-state index in [1.165, 1.54) is 6.07 Å². The van der Waals surface area contributed by atoms with Gasteiger partial charge in [0.15, 0.2) is 0 Å². The van der Waals surface area contributed by atoms with E-state index in [2.05, 4.69) is 26.2 Å². The second kappa shape index (κ2) is 6.58. The number of hydrogen-bond acceptors (Lipinski definition) is 2. The molecule has 0 spiro atoms. The molecule has 0 amide bonds. The molecule has 1 aromatic carbocycles. The number of nitrogens with one attached hydrogen (secondary N) is 1. The predicted octanol–water partition coefficient (Wildman–Crippen LogP) is 4.37. The van der Waals surface area contributed by atoms with Crippen molar-refractivity contribution in [2.75, 3.05) is 7.05 Å². The van der Waals surface area contributed by atoms with Crippen molar-refractivity contribution in [2.24, 2.45) is 0 Å². The van der Waals surface area contributed by atoms with Crippen LogP contribution < -0.4 is 5.32 Å². The van der Waals surface area contributed by atoms with Crippen LogP contribution in [-0.4, -0.2) is 12.0 Å². The average molecular weight is 359 g/mol. The molecule has 1 aromatic heterocycles. The minimum absolute atomic E-state index is 0.131. The van der Waals surface area contributed by atoms with Crippen LogP contribution in [0.15, 0.2) is 47.1 Å². The summed E-state index contributed by atoms with van der Waals surface area (Å²) in [5.41, 5.74) is 0.942. The quantitative estimate of drug-likeness (QED) is 0.877. The molecule has 1 unspecified atom stereocenters. The Hall–Kier alpha value is -1.40. The maximum Gasteiger partial charge on any atom is 0.417 e. The molecule has 1 atom stereocenters. The fraction of sp³-hybridized carbons (Fsp3) is 0.267. The minimum atomic E-state index is -4.35. The van der Waals surface area contributed by atoms with Crippen molar-refractivity contribution in [2.45, 2.75) is 18.6 Å². The van der Waals surface area contributed by atoms with Crippen LogP contribution >= 0.6 is 15.9 Å². The summed E-state index contributed by atoms with van der Waals surface area (Å²) in [5, 5.41) is 3.08. The Morgan fingerprint density at radius 3 is 2.29 bits per heavy atom. The van der Waals surface area contributed by atoms with Crippen LogP contribution in [-0.2, 0) is 12.6 Å². The van der Waals surface area contributed by atoms with Gasteiger partial charge in [0.2, 0.25) is 0 Å². The zero-order valence-electron chi connectivity index (χ0n) is 11.3. The number of pyridine rings is 1. The van der Waals surface area contributed by atoms with Crippen LogP contribution in [0, 0.1) is 0 Å². The van der Waals surface area contributed by atoms with Crippen LogP contribution in [0.5, 0.6) is 0 Å². The summed E-state index contributed by atoms with van der Waals surface area (Å²) in [6, 6.07) is 10.2. The highest BCUT2D eigenvalue weighted by molar-refractivity contribution is 9.10. The Kier molecular flexibility index (Phi) is 5.00. The smallest absolute Gasteiger partial charge is 0.311 e. The third-order valence-electron chi connectivity index (χ3n) is 3.17. The molecule has 0 radical (unpaired) electrons. The summed E-state index contributed by atoms with van der Waals surface area (Å²) in [6.45, 7) is 0. The third-order valence-corrected chi connectivity index (χ3v) is 3.70. The molecule has 6 heteroatoms. The molecule has 0 bridgehead atoms. The maximum absolute atomic E-state index is 12.5. The van der Waals surface area contributed by atoms with Crippen LogP contribution in [0.4, 0.5) is 13.2 Å². The van der Waals surface area contributed by atoms with Gasteiger partial charge in [-0.1, -0.05) is 28.1 Å². The number of rotatable bonds is 4. The van der Waals surface area contributed by atoms with Crippen LogP contribution in [0.3, 0.4) is 0 Å². The summed E-state index contributed by atoms with van der Waals surface area (Å²) in [6.07, 6.45) is -2.82. The standard InChI is InChI=1S/C15H14BrF3N2/c1-20-14(8-10-2-5-12(16)6-3-10)13-7-4-11(9-21-13)15(17,18)19/h2-7,9,14,20H,8H2,1H3. The van der Waals surface area contributed by atoms with Crippen molar-refractivity contribution in [1.82, 2.24) is 10.3 Å². The van der Waals surface area contributed by atoms with Gasteiger partial charge in [-0.15, -0.1) is 0 Å². The molecule has 0 aliphatic heterocycles. The molecule has 0 aliphatic rings. The van der Waals surface area contributed by atoms with Gasteiger partial charge < -0.3 is 5.32 Å². The van der Waals surface area contributed by atoms with Crippen molar-refractivity contribution in [3.63, 3.8) is 0 Å². The Bertz CT molecular complexity index is 579. The Balaban J connectivity index is 2.15. The van der Waals surface area contributed by atoms with Crippen LogP contribution in [0.1, 0.15) is 22.9 Å². The fourth-order valence-corrected chi connectivity index (χ4v) is 2.25. The summed E-state index contributed by atoms with van der Waals surface area (Å²) in [4.78, 5) is 3.94. The van der Waals surface area contributed by atoms with E-state index in [4.69, 9.17) is 0 Å². The van der Waals surface area contributed by atoms with Crippen molar-refractivity contribution in [1.29, 1.82) is 0 Å². The lowest BCUT2D eigenvalue weighted by atomic mass is 10.0. The van der Waals surface area contributed by atoms with Gasteiger partial charge in [0, 0.05) is 10.7 Å². The molecule has 2 nitrogen and oxygen atoms in total. The molecule has 0 aliphatic carbocycles. The molecule has 0 fully saturated rings. The number of benzene rings is 1. The zero-order chi connectivity index (χ0) is 15.5.